The summed E-state index contributed by atoms with van der Waals surface area (Å²) in [7, 11) is 0. The van der Waals surface area contributed by atoms with Gasteiger partial charge in [0.25, 0.3) is 17.7 Å². The number of carbonyl (C=O) groups excluding carboxylic acids is 4. The molecule has 4 aromatic rings. The Hall–Kier alpha value is -5.41. The van der Waals surface area contributed by atoms with Crippen LogP contribution in [0.1, 0.15) is 18.1 Å². The fourth-order valence-corrected chi connectivity index (χ4v) is 4.70. The number of carbonyl (C=O) groups is 4. The number of halogens is 1. The molecule has 10 heteroatoms. The lowest BCUT2D eigenvalue weighted by molar-refractivity contribution is -0.121. The van der Waals surface area contributed by atoms with Gasteiger partial charge in [-0.05, 0) is 79.6 Å². The van der Waals surface area contributed by atoms with Gasteiger partial charge < -0.3 is 14.8 Å². The highest BCUT2D eigenvalue weighted by atomic mass is 35.5. The van der Waals surface area contributed by atoms with Gasteiger partial charge in [0.2, 0.25) is 0 Å². The van der Waals surface area contributed by atoms with Crippen molar-refractivity contribution in [2.75, 3.05) is 28.3 Å². The summed E-state index contributed by atoms with van der Waals surface area (Å²) in [5.41, 5.74) is 2.31. The zero-order valence-corrected chi connectivity index (χ0v) is 24.7. The van der Waals surface area contributed by atoms with Crippen LogP contribution in [0.25, 0.3) is 6.08 Å². The van der Waals surface area contributed by atoms with E-state index in [4.69, 9.17) is 21.1 Å². The zero-order valence-electron chi connectivity index (χ0n) is 24.0. The fourth-order valence-electron chi connectivity index (χ4n) is 4.52. The molecule has 44 heavy (non-hydrogen) atoms. The third-order valence-corrected chi connectivity index (χ3v) is 7.08. The Morgan fingerprint density at radius 2 is 1.41 bits per heavy atom. The van der Waals surface area contributed by atoms with Gasteiger partial charge in [-0.15, -0.1) is 0 Å². The first-order chi connectivity index (χ1) is 21.3. The molecule has 0 atom stereocenters. The maximum atomic E-state index is 13.7. The Bertz CT molecular complexity index is 1690. The first kappa shape index (κ1) is 30.1. The van der Waals surface area contributed by atoms with Crippen molar-refractivity contribution in [1.29, 1.82) is 0 Å². The number of urea groups is 1. The maximum absolute atomic E-state index is 13.7. The van der Waals surface area contributed by atoms with Crippen LogP contribution in [0.15, 0.2) is 103 Å². The van der Waals surface area contributed by atoms with Crippen LogP contribution in [0.4, 0.5) is 21.9 Å². The molecule has 1 aliphatic rings. The number of rotatable bonds is 9. The molecule has 4 aromatic carbocycles. The molecule has 0 saturated carbocycles. The number of benzene rings is 4. The van der Waals surface area contributed by atoms with Crippen molar-refractivity contribution in [3.63, 3.8) is 0 Å². The first-order valence-corrected chi connectivity index (χ1v) is 14.1. The molecule has 0 spiro atoms. The number of para-hydroxylation sites is 2. The highest BCUT2D eigenvalue weighted by Gasteiger charge is 2.43. The molecule has 1 N–H and O–H groups in total. The number of imide groups is 2. The van der Waals surface area contributed by atoms with Crippen molar-refractivity contribution < 1.29 is 28.7 Å². The molecule has 5 amide bonds. The number of amides is 5. The predicted molar refractivity (Wildman–Crippen MR) is 169 cm³/mol. The van der Waals surface area contributed by atoms with Crippen molar-refractivity contribution >= 4 is 58.5 Å². The van der Waals surface area contributed by atoms with E-state index in [-0.39, 0.29) is 12.2 Å². The number of nitrogens with one attached hydrogen (secondary N) is 1. The molecular formula is C34H28ClN3O6. The molecule has 0 aliphatic carbocycles. The minimum absolute atomic E-state index is 0.218. The number of anilines is 3. The Kier molecular flexibility index (Phi) is 9.06. The molecule has 1 aliphatic heterocycles. The van der Waals surface area contributed by atoms with Crippen LogP contribution in [0.3, 0.4) is 0 Å². The van der Waals surface area contributed by atoms with E-state index in [2.05, 4.69) is 5.32 Å². The van der Waals surface area contributed by atoms with Crippen molar-refractivity contribution in [3.05, 3.63) is 119 Å². The normalized spacial score (nSPS) is 13.2. The van der Waals surface area contributed by atoms with E-state index in [0.717, 1.165) is 15.4 Å². The summed E-state index contributed by atoms with van der Waals surface area (Å²) in [6, 6.07) is 26.0. The molecule has 0 unspecified atom stereocenters. The van der Waals surface area contributed by atoms with Crippen LogP contribution in [-0.4, -0.2) is 37.0 Å². The van der Waals surface area contributed by atoms with Gasteiger partial charge in [-0.1, -0.05) is 60.1 Å². The van der Waals surface area contributed by atoms with Gasteiger partial charge in [0.1, 0.15) is 5.57 Å². The molecule has 5 rings (SSSR count). The molecule has 0 radical (unpaired) electrons. The van der Waals surface area contributed by atoms with Crippen molar-refractivity contribution in [2.24, 2.45) is 0 Å². The fraction of sp³-hybridized carbons (Fsp3) is 0.118. The monoisotopic (exact) mass is 609 g/mol. The number of barbiturate groups is 1. The number of hydrogen-bond acceptors (Lipinski definition) is 6. The summed E-state index contributed by atoms with van der Waals surface area (Å²) in [4.78, 5) is 55.3. The lowest BCUT2D eigenvalue weighted by atomic mass is 10.0. The summed E-state index contributed by atoms with van der Waals surface area (Å²) in [6.45, 7) is 3.64. The third-order valence-electron chi connectivity index (χ3n) is 6.67. The number of ether oxygens (including phenoxy) is 2. The Morgan fingerprint density at radius 1 is 0.795 bits per heavy atom. The Morgan fingerprint density at radius 3 is 1.98 bits per heavy atom. The summed E-state index contributed by atoms with van der Waals surface area (Å²) < 4.78 is 11.5. The second-order valence-electron chi connectivity index (χ2n) is 9.73. The second-order valence-corrected chi connectivity index (χ2v) is 10.1. The number of hydrogen-bond donors (Lipinski definition) is 1. The van der Waals surface area contributed by atoms with E-state index in [1.165, 1.54) is 6.08 Å². The van der Waals surface area contributed by atoms with Gasteiger partial charge in [0.15, 0.2) is 18.1 Å². The quantitative estimate of drug-likeness (QED) is 0.168. The lowest BCUT2D eigenvalue weighted by Gasteiger charge is -2.33. The van der Waals surface area contributed by atoms with Crippen LogP contribution in [-0.2, 0) is 14.4 Å². The van der Waals surface area contributed by atoms with Crippen LogP contribution in [0, 0.1) is 6.92 Å². The van der Waals surface area contributed by atoms with Crippen LogP contribution >= 0.6 is 11.6 Å². The third kappa shape index (κ3) is 6.48. The SMILES string of the molecule is CCOc1cc(C=C2C(=O)N(c3ccccc3)C(=O)N(c3ccccc3)C2=O)ccc1OCC(=O)Nc1ccc(C)c(Cl)c1. The highest BCUT2D eigenvalue weighted by molar-refractivity contribution is 6.46. The Labute approximate surface area is 259 Å². The molecule has 1 heterocycles. The summed E-state index contributed by atoms with van der Waals surface area (Å²) in [5, 5.41) is 3.27. The second kappa shape index (κ2) is 13.3. The molecular weight excluding hydrogens is 582 g/mol. The van der Waals surface area contributed by atoms with Gasteiger partial charge >= 0.3 is 6.03 Å². The molecule has 9 nitrogen and oxygen atoms in total. The maximum Gasteiger partial charge on any atom is 0.343 e. The predicted octanol–water partition coefficient (Wildman–Crippen LogP) is 6.65. The lowest BCUT2D eigenvalue weighted by Crippen LogP contribution is -2.57. The van der Waals surface area contributed by atoms with E-state index in [0.29, 0.717) is 45.8 Å². The van der Waals surface area contributed by atoms with E-state index in [9.17, 15) is 19.2 Å². The molecule has 222 valence electrons. The topological polar surface area (TPSA) is 105 Å². The molecule has 0 bridgehead atoms. The van der Waals surface area contributed by atoms with Crippen LogP contribution in [0.2, 0.25) is 5.02 Å². The average molecular weight is 610 g/mol. The van der Waals surface area contributed by atoms with E-state index in [1.807, 2.05) is 6.92 Å². The smallest absolute Gasteiger partial charge is 0.343 e. The van der Waals surface area contributed by atoms with Gasteiger partial charge in [0, 0.05) is 10.7 Å². The van der Waals surface area contributed by atoms with Crippen LogP contribution in [0.5, 0.6) is 11.5 Å². The summed E-state index contributed by atoms with van der Waals surface area (Å²) in [5.74, 6) is -1.32. The zero-order chi connectivity index (χ0) is 31.2. The van der Waals surface area contributed by atoms with Crippen LogP contribution < -0.4 is 24.6 Å². The minimum Gasteiger partial charge on any atom is -0.490 e. The standard InChI is InChI=1S/C34H28ClN3O6/c1-3-43-30-19-23(15-17-29(30)44-21-31(39)36-24-16-14-22(2)28(35)20-24)18-27-32(40)37(25-10-6-4-7-11-25)34(42)38(33(27)41)26-12-8-5-9-13-26/h4-20H,3,21H2,1-2H3,(H,36,39). The first-order valence-electron chi connectivity index (χ1n) is 13.8. The number of nitrogens with zero attached hydrogens (tertiary/aromatic N) is 2. The van der Waals surface area contributed by atoms with E-state index in [1.54, 1.807) is 104 Å². The van der Waals surface area contributed by atoms with E-state index >= 15 is 0 Å². The molecule has 1 fully saturated rings. The highest BCUT2D eigenvalue weighted by Crippen LogP contribution is 2.33. The van der Waals surface area contributed by atoms with E-state index < -0.39 is 23.8 Å². The summed E-state index contributed by atoms with van der Waals surface area (Å²) in [6.07, 6.45) is 1.41. The van der Waals surface area contributed by atoms with Gasteiger partial charge in [-0.25, -0.2) is 14.6 Å². The van der Waals surface area contributed by atoms with Crippen molar-refractivity contribution in [3.8, 4) is 11.5 Å². The number of aryl methyl sites for hydroxylation is 1. The van der Waals surface area contributed by atoms with Gasteiger partial charge in [-0.3, -0.25) is 14.4 Å². The average Bonchev–Trinajstić information content (AvgIpc) is 3.02. The van der Waals surface area contributed by atoms with Gasteiger partial charge in [0.05, 0.1) is 18.0 Å². The van der Waals surface area contributed by atoms with Gasteiger partial charge in [-0.2, -0.15) is 0 Å². The van der Waals surface area contributed by atoms with Crippen molar-refractivity contribution in [2.45, 2.75) is 13.8 Å². The Balaban J connectivity index is 1.43. The molecule has 0 aromatic heterocycles. The molecule has 1 saturated heterocycles. The minimum atomic E-state index is -0.778. The largest absolute Gasteiger partial charge is 0.490 e. The van der Waals surface area contributed by atoms with Crippen molar-refractivity contribution in [1.82, 2.24) is 0 Å². The summed E-state index contributed by atoms with van der Waals surface area (Å²) >= 11 is 6.15.